The number of benzene rings is 1. The van der Waals surface area contributed by atoms with Crippen molar-refractivity contribution in [3.8, 4) is 0 Å². The fraction of sp³-hybridized carbons (Fsp3) is 0.286. The predicted molar refractivity (Wildman–Crippen MR) is 76.1 cm³/mol. The summed E-state index contributed by atoms with van der Waals surface area (Å²) in [5.41, 5.74) is 6.45. The summed E-state index contributed by atoms with van der Waals surface area (Å²) >= 11 is 3.57. The highest BCUT2D eigenvalue weighted by Crippen LogP contribution is 2.27. The van der Waals surface area contributed by atoms with Gasteiger partial charge >= 0.3 is 0 Å². The number of halogens is 1. The maximum absolute atomic E-state index is 5.66. The molecule has 18 heavy (non-hydrogen) atoms. The van der Waals surface area contributed by atoms with Gasteiger partial charge in [-0.2, -0.15) is 0 Å². The first-order valence-corrected chi connectivity index (χ1v) is 6.66. The number of hydrazine groups is 1. The minimum atomic E-state index is 0.0571. The van der Waals surface area contributed by atoms with E-state index in [1.54, 1.807) is 6.26 Å². The monoisotopic (exact) mass is 308 g/mol. The summed E-state index contributed by atoms with van der Waals surface area (Å²) < 4.78 is 6.52. The van der Waals surface area contributed by atoms with Crippen LogP contribution in [-0.4, -0.2) is 0 Å². The van der Waals surface area contributed by atoms with Crippen molar-refractivity contribution in [1.29, 1.82) is 0 Å². The van der Waals surface area contributed by atoms with Crippen molar-refractivity contribution in [2.45, 2.75) is 26.3 Å². The summed E-state index contributed by atoms with van der Waals surface area (Å²) in [6.07, 6.45) is 2.42. The summed E-state index contributed by atoms with van der Waals surface area (Å²) in [6, 6.07) is 8.19. The lowest BCUT2D eigenvalue weighted by Gasteiger charge is -2.17. The maximum atomic E-state index is 5.66. The van der Waals surface area contributed by atoms with Gasteiger partial charge in [0.15, 0.2) is 0 Å². The van der Waals surface area contributed by atoms with Gasteiger partial charge in [0, 0.05) is 10.9 Å². The molecule has 96 valence electrons. The lowest BCUT2D eigenvalue weighted by atomic mass is 9.99. The first-order chi connectivity index (χ1) is 8.61. The molecule has 0 radical (unpaired) electrons. The number of hydrogen-bond acceptors (Lipinski definition) is 3. The Hall–Kier alpha value is -1.10. The Morgan fingerprint density at radius 1 is 1.33 bits per heavy atom. The highest BCUT2D eigenvalue weighted by molar-refractivity contribution is 9.10. The van der Waals surface area contributed by atoms with E-state index in [4.69, 9.17) is 10.3 Å². The molecule has 0 aliphatic carbocycles. The van der Waals surface area contributed by atoms with Crippen molar-refractivity contribution in [3.05, 3.63) is 57.5 Å². The van der Waals surface area contributed by atoms with Crippen LogP contribution in [0.3, 0.4) is 0 Å². The molecule has 0 saturated carbocycles. The molecule has 3 N–H and O–H groups in total. The van der Waals surface area contributed by atoms with Gasteiger partial charge in [0.25, 0.3) is 0 Å². The largest absolute Gasteiger partial charge is 0.469 e. The topological polar surface area (TPSA) is 51.2 Å². The minimum absolute atomic E-state index is 0.0571. The van der Waals surface area contributed by atoms with E-state index in [1.165, 1.54) is 16.7 Å². The number of hydrogen-bond donors (Lipinski definition) is 2. The highest BCUT2D eigenvalue weighted by Gasteiger charge is 2.14. The van der Waals surface area contributed by atoms with E-state index in [9.17, 15) is 0 Å². The number of aryl methyl sites for hydroxylation is 2. The molecule has 0 fully saturated rings. The van der Waals surface area contributed by atoms with Crippen LogP contribution in [0.25, 0.3) is 0 Å². The van der Waals surface area contributed by atoms with Crippen LogP contribution < -0.4 is 11.3 Å². The van der Waals surface area contributed by atoms with Gasteiger partial charge in [-0.25, -0.2) is 0 Å². The van der Waals surface area contributed by atoms with E-state index < -0.39 is 0 Å². The van der Waals surface area contributed by atoms with E-state index in [0.717, 1.165) is 16.7 Å². The van der Waals surface area contributed by atoms with Crippen LogP contribution in [-0.2, 0) is 6.42 Å². The van der Waals surface area contributed by atoms with Gasteiger partial charge < -0.3 is 4.42 Å². The molecule has 1 aromatic carbocycles. The first-order valence-electron chi connectivity index (χ1n) is 5.87. The average molecular weight is 309 g/mol. The second-order valence-corrected chi connectivity index (χ2v) is 5.26. The van der Waals surface area contributed by atoms with Crippen LogP contribution in [0.2, 0.25) is 0 Å². The zero-order valence-electron chi connectivity index (χ0n) is 10.5. The molecule has 3 nitrogen and oxygen atoms in total. The zero-order chi connectivity index (χ0) is 13.1. The Labute approximate surface area is 115 Å². The van der Waals surface area contributed by atoms with Crippen molar-refractivity contribution in [3.63, 3.8) is 0 Å². The van der Waals surface area contributed by atoms with Crippen molar-refractivity contribution in [2.24, 2.45) is 5.84 Å². The molecule has 1 atom stereocenters. The van der Waals surface area contributed by atoms with E-state index in [0.29, 0.717) is 0 Å². The van der Waals surface area contributed by atoms with Crippen LogP contribution in [0.1, 0.15) is 28.5 Å². The molecule has 0 amide bonds. The SMILES string of the molecule is Cc1cc(C(Cc2ccco2)NN)cc(C)c1Br. The average Bonchev–Trinajstić information content (AvgIpc) is 2.85. The van der Waals surface area contributed by atoms with Gasteiger partial charge in [0.05, 0.1) is 12.3 Å². The van der Waals surface area contributed by atoms with E-state index >= 15 is 0 Å². The van der Waals surface area contributed by atoms with Crippen LogP contribution in [0, 0.1) is 13.8 Å². The summed E-state index contributed by atoms with van der Waals surface area (Å²) in [7, 11) is 0. The quantitative estimate of drug-likeness (QED) is 0.672. The van der Waals surface area contributed by atoms with Crippen LogP contribution in [0.5, 0.6) is 0 Å². The first kappa shape index (κ1) is 13.3. The molecule has 1 unspecified atom stereocenters. The van der Waals surface area contributed by atoms with Crippen molar-refractivity contribution < 1.29 is 4.42 Å². The third-order valence-electron chi connectivity index (χ3n) is 3.05. The highest BCUT2D eigenvalue weighted by atomic mass is 79.9. The second kappa shape index (κ2) is 5.69. The Morgan fingerprint density at radius 3 is 2.50 bits per heavy atom. The lowest BCUT2D eigenvalue weighted by molar-refractivity contribution is 0.454. The van der Waals surface area contributed by atoms with Crippen molar-refractivity contribution in [1.82, 2.24) is 5.43 Å². The molecule has 1 aromatic heterocycles. The van der Waals surface area contributed by atoms with Gasteiger partial charge in [-0.05, 0) is 42.7 Å². The van der Waals surface area contributed by atoms with E-state index in [2.05, 4.69) is 47.3 Å². The fourth-order valence-electron chi connectivity index (χ4n) is 2.08. The Morgan fingerprint density at radius 2 is 2.00 bits per heavy atom. The third kappa shape index (κ3) is 2.83. The third-order valence-corrected chi connectivity index (χ3v) is 4.30. The summed E-state index contributed by atoms with van der Waals surface area (Å²) in [5, 5.41) is 0. The molecule has 0 saturated heterocycles. The Kier molecular flexibility index (Phi) is 4.22. The Bertz CT molecular complexity index is 500. The zero-order valence-corrected chi connectivity index (χ0v) is 12.1. The Balaban J connectivity index is 2.27. The second-order valence-electron chi connectivity index (χ2n) is 4.47. The molecule has 2 rings (SSSR count). The fourth-order valence-corrected chi connectivity index (χ4v) is 2.31. The van der Waals surface area contributed by atoms with Gasteiger partial charge in [0.1, 0.15) is 5.76 Å². The summed E-state index contributed by atoms with van der Waals surface area (Å²) in [6.45, 7) is 4.17. The molecule has 2 aromatic rings. The molecule has 0 spiro atoms. The molecular formula is C14H17BrN2O. The van der Waals surface area contributed by atoms with Gasteiger partial charge in [-0.1, -0.05) is 28.1 Å². The number of furan rings is 1. The lowest BCUT2D eigenvalue weighted by Crippen LogP contribution is -2.29. The standard InChI is InChI=1S/C14H17BrN2O/c1-9-6-11(7-10(2)14(9)15)13(17-16)8-12-4-3-5-18-12/h3-7,13,17H,8,16H2,1-2H3. The van der Waals surface area contributed by atoms with Crippen molar-refractivity contribution >= 4 is 15.9 Å². The normalized spacial score (nSPS) is 12.7. The number of nitrogens with one attached hydrogen (secondary N) is 1. The molecule has 0 bridgehead atoms. The van der Waals surface area contributed by atoms with E-state index in [-0.39, 0.29) is 6.04 Å². The van der Waals surface area contributed by atoms with E-state index in [1.807, 2.05) is 12.1 Å². The molecule has 0 aliphatic heterocycles. The number of rotatable bonds is 4. The van der Waals surface area contributed by atoms with Crippen LogP contribution in [0.4, 0.5) is 0 Å². The van der Waals surface area contributed by atoms with Crippen LogP contribution in [0.15, 0.2) is 39.4 Å². The van der Waals surface area contributed by atoms with Crippen LogP contribution >= 0.6 is 15.9 Å². The molecule has 1 heterocycles. The van der Waals surface area contributed by atoms with Gasteiger partial charge in [-0.15, -0.1) is 0 Å². The van der Waals surface area contributed by atoms with Gasteiger partial charge in [0.2, 0.25) is 0 Å². The maximum Gasteiger partial charge on any atom is 0.105 e. The predicted octanol–water partition coefficient (Wildman–Crippen LogP) is 3.41. The summed E-state index contributed by atoms with van der Waals surface area (Å²) in [4.78, 5) is 0. The molecule has 4 heteroatoms. The smallest absolute Gasteiger partial charge is 0.105 e. The van der Waals surface area contributed by atoms with Gasteiger partial charge in [-0.3, -0.25) is 11.3 Å². The summed E-state index contributed by atoms with van der Waals surface area (Å²) in [5.74, 6) is 6.58. The van der Waals surface area contributed by atoms with Crippen molar-refractivity contribution in [2.75, 3.05) is 0 Å². The minimum Gasteiger partial charge on any atom is -0.469 e. The molecule has 0 aliphatic rings. The molecular weight excluding hydrogens is 292 g/mol. The number of nitrogens with two attached hydrogens (primary N) is 1.